The van der Waals surface area contributed by atoms with Gasteiger partial charge in [-0.05, 0) is 24.6 Å². The SMILES string of the molecule is COc1nc(NCCCn2cccn2)ccc1N. The van der Waals surface area contributed by atoms with Gasteiger partial charge < -0.3 is 15.8 Å². The smallest absolute Gasteiger partial charge is 0.238 e. The molecule has 0 fully saturated rings. The molecule has 2 rings (SSSR count). The molecule has 6 heteroatoms. The van der Waals surface area contributed by atoms with Crippen LogP contribution in [0, 0.1) is 0 Å². The Balaban J connectivity index is 1.79. The first-order chi connectivity index (χ1) is 8.79. The lowest BCUT2D eigenvalue weighted by Crippen LogP contribution is -2.08. The Morgan fingerprint density at radius 2 is 2.33 bits per heavy atom. The van der Waals surface area contributed by atoms with E-state index in [-0.39, 0.29) is 0 Å². The maximum atomic E-state index is 5.69. The fourth-order valence-corrected chi connectivity index (χ4v) is 1.60. The number of aromatic nitrogens is 3. The van der Waals surface area contributed by atoms with Gasteiger partial charge in [0.15, 0.2) is 0 Å². The number of nitrogen functional groups attached to an aromatic ring is 1. The highest BCUT2D eigenvalue weighted by molar-refractivity contribution is 5.53. The maximum Gasteiger partial charge on any atom is 0.238 e. The van der Waals surface area contributed by atoms with Crippen LogP contribution in [0.5, 0.6) is 5.88 Å². The summed E-state index contributed by atoms with van der Waals surface area (Å²) < 4.78 is 6.96. The molecule has 2 heterocycles. The minimum absolute atomic E-state index is 0.451. The highest BCUT2D eigenvalue weighted by Crippen LogP contribution is 2.19. The predicted molar refractivity (Wildman–Crippen MR) is 70.5 cm³/mol. The van der Waals surface area contributed by atoms with Gasteiger partial charge in [0.25, 0.3) is 0 Å². The monoisotopic (exact) mass is 247 g/mol. The fraction of sp³-hybridized carbons (Fsp3) is 0.333. The van der Waals surface area contributed by atoms with Gasteiger partial charge in [-0.25, -0.2) is 0 Å². The molecule has 0 spiro atoms. The van der Waals surface area contributed by atoms with Gasteiger partial charge in [-0.3, -0.25) is 4.68 Å². The molecular formula is C12H17N5O. The van der Waals surface area contributed by atoms with Gasteiger partial charge in [-0.1, -0.05) is 0 Å². The number of nitrogens with one attached hydrogen (secondary N) is 1. The van der Waals surface area contributed by atoms with Gasteiger partial charge in [0.1, 0.15) is 5.82 Å². The fourth-order valence-electron chi connectivity index (χ4n) is 1.60. The normalized spacial score (nSPS) is 10.3. The van der Waals surface area contributed by atoms with Crippen molar-refractivity contribution in [1.29, 1.82) is 0 Å². The third-order valence-electron chi connectivity index (χ3n) is 2.51. The van der Waals surface area contributed by atoms with Gasteiger partial charge >= 0.3 is 0 Å². The topological polar surface area (TPSA) is 78.0 Å². The van der Waals surface area contributed by atoms with Crippen molar-refractivity contribution in [1.82, 2.24) is 14.8 Å². The van der Waals surface area contributed by atoms with E-state index in [9.17, 15) is 0 Å². The second-order valence-electron chi connectivity index (χ2n) is 3.84. The molecule has 0 aliphatic heterocycles. The highest BCUT2D eigenvalue weighted by Gasteiger charge is 2.02. The van der Waals surface area contributed by atoms with E-state index < -0.39 is 0 Å². The molecule has 96 valence electrons. The van der Waals surface area contributed by atoms with Crippen LogP contribution in [0.1, 0.15) is 6.42 Å². The van der Waals surface area contributed by atoms with Crippen molar-refractivity contribution in [2.24, 2.45) is 0 Å². The maximum absolute atomic E-state index is 5.69. The number of anilines is 2. The van der Waals surface area contributed by atoms with Crippen LogP contribution in [0.3, 0.4) is 0 Å². The molecule has 0 aromatic carbocycles. The minimum Gasteiger partial charge on any atom is -0.479 e. The summed E-state index contributed by atoms with van der Waals surface area (Å²) in [5.74, 6) is 1.22. The largest absolute Gasteiger partial charge is 0.479 e. The van der Waals surface area contributed by atoms with Crippen molar-refractivity contribution in [2.75, 3.05) is 24.7 Å². The van der Waals surface area contributed by atoms with Gasteiger partial charge in [0, 0.05) is 25.5 Å². The van der Waals surface area contributed by atoms with Crippen molar-refractivity contribution in [3.63, 3.8) is 0 Å². The third kappa shape index (κ3) is 3.13. The van der Waals surface area contributed by atoms with Gasteiger partial charge in [0.2, 0.25) is 5.88 Å². The number of methoxy groups -OCH3 is 1. The summed E-state index contributed by atoms with van der Waals surface area (Å²) in [4.78, 5) is 4.24. The molecule has 0 saturated carbocycles. The molecule has 0 amide bonds. The summed E-state index contributed by atoms with van der Waals surface area (Å²) in [6.07, 6.45) is 4.69. The first-order valence-electron chi connectivity index (χ1n) is 5.81. The Hall–Kier alpha value is -2.24. The summed E-state index contributed by atoms with van der Waals surface area (Å²) in [6.45, 7) is 1.70. The Kier molecular flexibility index (Phi) is 4.01. The summed E-state index contributed by atoms with van der Waals surface area (Å²) >= 11 is 0. The van der Waals surface area contributed by atoms with E-state index in [2.05, 4.69) is 15.4 Å². The molecule has 0 radical (unpaired) electrons. The van der Waals surface area contributed by atoms with E-state index in [1.54, 1.807) is 19.4 Å². The second kappa shape index (κ2) is 5.90. The Labute approximate surface area is 106 Å². The average Bonchev–Trinajstić information content (AvgIpc) is 2.89. The zero-order valence-electron chi connectivity index (χ0n) is 10.3. The van der Waals surface area contributed by atoms with Gasteiger partial charge in [-0.15, -0.1) is 0 Å². The molecule has 2 aromatic heterocycles. The van der Waals surface area contributed by atoms with Crippen molar-refractivity contribution >= 4 is 11.5 Å². The lowest BCUT2D eigenvalue weighted by atomic mass is 10.3. The summed E-state index contributed by atoms with van der Waals surface area (Å²) in [6, 6.07) is 5.53. The number of nitrogens with two attached hydrogens (primary N) is 1. The number of rotatable bonds is 6. The third-order valence-corrected chi connectivity index (χ3v) is 2.51. The Morgan fingerprint density at radius 1 is 1.44 bits per heavy atom. The van der Waals surface area contributed by atoms with Crippen LogP contribution in [0.25, 0.3) is 0 Å². The number of aryl methyl sites for hydroxylation is 1. The van der Waals surface area contributed by atoms with E-state index in [0.717, 1.165) is 25.3 Å². The van der Waals surface area contributed by atoms with Crippen LogP contribution in [0.4, 0.5) is 11.5 Å². The molecule has 0 aliphatic rings. The summed E-state index contributed by atoms with van der Waals surface area (Å²) in [5.41, 5.74) is 6.23. The highest BCUT2D eigenvalue weighted by atomic mass is 16.5. The molecule has 0 unspecified atom stereocenters. The minimum atomic E-state index is 0.451. The van der Waals surface area contributed by atoms with Crippen molar-refractivity contribution in [3.8, 4) is 5.88 Å². The Morgan fingerprint density at radius 3 is 3.06 bits per heavy atom. The van der Waals surface area contributed by atoms with E-state index in [0.29, 0.717) is 11.6 Å². The lowest BCUT2D eigenvalue weighted by molar-refractivity contribution is 0.401. The molecule has 0 atom stereocenters. The second-order valence-corrected chi connectivity index (χ2v) is 3.84. The van der Waals surface area contributed by atoms with E-state index in [4.69, 9.17) is 10.5 Å². The van der Waals surface area contributed by atoms with Crippen LogP contribution in [0.15, 0.2) is 30.6 Å². The van der Waals surface area contributed by atoms with Crippen LogP contribution in [-0.4, -0.2) is 28.4 Å². The molecule has 3 N–H and O–H groups in total. The molecule has 0 aliphatic carbocycles. The van der Waals surface area contributed by atoms with Crippen molar-refractivity contribution in [3.05, 3.63) is 30.6 Å². The predicted octanol–water partition coefficient (Wildman–Crippen LogP) is 1.37. The molecular weight excluding hydrogens is 230 g/mol. The summed E-state index contributed by atoms with van der Waals surface area (Å²) in [5, 5.41) is 7.36. The van der Waals surface area contributed by atoms with E-state index in [1.807, 2.05) is 23.0 Å². The number of pyridine rings is 1. The first-order valence-corrected chi connectivity index (χ1v) is 5.81. The van der Waals surface area contributed by atoms with Crippen LogP contribution < -0.4 is 15.8 Å². The van der Waals surface area contributed by atoms with Crippen molar-refractivity contribution < 1.29 is 4.74 Å². The zero-order valence-corrected chi connectivity index (χ0v) is 10.3. The standard InChI is InChI=1S/C12H17N5O/c1-18-12-10(13)4-5-11(16-12)14-6-2-8-17-9-3-7-15-17/h3-5,7,9H,2,6,8,13H2,1H3,(H,14,16). The summed E-state index contributed by atoms with van der Waals surface area (Å²) in [7, 11) is 1.56. The molecule has 0 bridgehead atoms. The molecule has 18 heavy (non-hydrogen) atoms. The lowest BCUT2D eigenvalue weighted by Gasteiger charge is -2.08. The zero-order chi connectivity index (χ0) is 12.8. The van der Waals surface area contributed by atoms with Crippen molar-refractivity contribution in [2.45, 2.75) is 13.0 Å². The van der Waals surface area contributed by atoms with E-state index in [1.165, 1.54) is 0 Å². The molecule has 2 aromatic rings. The number of hydrogen-bond donors (Lipinski definition) is 2. The van der Waals surface area contributed by atoms with Crippen LogP contribution in [0.2, 0.25) is 0 Å². The number of ether oxygens (including phenoxy) is 1. The number of nitrogens with zero attached hydrogens (tertiary/aromatic N) is 3. The number of hydrogen-bond acceptors (Lipinski definition) is 5. The first kappa shape index (κ1) is 12.2. The average molecular weight is 247 g/mol. The van der Waals surface area contributed by atoms with E-state index >= 15 is 0 Å². The Bertz CT molecular complexity index is 483. The molecule has 6 nitrogen and oxygen atoms in total. The van der Waals surface area contributed by atoms with Gasteiger partial charge in [0.05, 0.1) is 12.8 Å². The van der Waals surface area contributed by atoms with Crippen LogP contribution in [-0.2, 0) is 6.54 Å². The molecule has 0 saturated heterocycles. The quantitative estimate of drug-likeness (QED) is 0.754. The van der Waals surface area contributed by atoms with Gasteiger partial charge in [-0.2, -0.15) is 10.1 Å². The van der Waals surface area contributed by atoms with Crippen LogP contribution >= 0.6 is 0 Å².